The largest absolute Gasteiger partial charge is 0.465 e. The second-order valence-corrected chi connectivity index (χ2v) is 12.7. The molecule has 226 valence electrons. The lowest BCUT2D eigenvalue weighted by atomic mass is 10.0. The predicted octanol–water partition coefficient (Wildman–Crippen LogP) is 5.88. The third-order valence-corrected chi connectivity index (χ3v) is 8.65. The standard InChI is InChI=1S/C30H33FN6O5S/c1-18(2)17-43(40,41)36-26-21-9-8-19(3)27(22(21)10-11-24(26)31)42-28-23(7-4-13-32-28)25-12-14-33-29(35-25)34-20-6-5-15-37(16-20)30(38)39/h4,7-14,18,20,36H,5-6,15-17H2,1-3H3,(H,38,39)(H,33,34,35). The molecule has 0 radical (unpaired) electrons. The number of carbonyl (C=O) groups is 1. The van der Waals surface area contributed by atoms with Gasteiger partial charge in [-0.3, -0.25) is 4.72 Å². The normalized spacial score (nSPS) is 15.5. The first-order valence-corrected chi connectivity index (χ1v) is 15.6. The van der Waals surface area contributed by atoms with Crippen LogP contribution in [0.4, 0.5) is 20.8 Å². The molecule has 2 aromatic carbocycles. The van der Waals surface area contributed by atoms with Gasteiger partial charge in [0.2, 0.25) is 21.9 Å². The summed E-state index contributed by atoms with van der Waals surface area (Å²) in [6.07, 6.45) is 3.74. The summed E-state index contributed by atoms with van der Waals surface area (Å²) in [5.41, 5.74) is 1.69. The molecule has 4 aromatic rings. The Labute approximate surface area is 249 Å². The average Bonchev–Trinajstić information content (AvgIpc) is 2.96. The Kier molecular flexibility index (Phi) is 8.62. The molecular weight excluding hydrogens is 575 g/mol. The molecule has 43 heavy (non-hydrogen) atoms. The third kappa shape index (κ3) is 6.94. The molecule has 3 heterocycles. The maximum Gasteiger partial charge on any atom is 0.407 e. The number of halogens is 1. The molecule has 1 amide bonds. The van der Waals surface area contributed by atoms with Crippen molar-refractivity contribution in [3.63, 3.8) is 0 Å². The van der Waals surface area contributed by atoms with Crippen molar-refractivity contribution in [2.24, 2.45) is 5.92 Å². The molecule has 0 bridgehead atoms. The zero-order valence-corrected chi connectivity index (χ0v) is 24.9. The van der Waals surface area contributed by atoms with Gasteiger partial charge in [-0.25, -0.2) is 32.6 Å². The van der Waals surface area contributed by atoms with Crippen molar-refractivity contribution < 1.29 is 27.4 Å². The summed E-state index contributed by atoms with van der Waals surface area (Å²) in [7, 11) is -3.79. The summed E-state index contributed by atoms with van der Waals surface area (Å²) in [5.74, 6) is -0.00466. The fourth-order valence-electron chi connectivity index (χ4n) is 5.13. The van der Waals surface area contributed by atoms with E-state index in [1.807, 2.05) is 6.92 Å². The van der Waals surface area contributed by atoms with Crippen molar-refractivity contribution in [2.75, 3.05) is 28.9 Å². The van der Waals surface area contributed by atoms with Crippen LogP contribution in [0.3, 0.4) is 0 Å². The number of likely N-dealkylation sites (tertiary alicyclic amines) is 1. The number of ether oxygens (including phenoxy) is 1. The highest BCUT2D eigenvalue weighted by Crippen LogP contribution is 2.39. The van der Waals surface area contributed by atoms with E-state index in [0.717, 1.165) is 18.4 Å². The molecule has 1 saturated heterocycles. The number of aromatic nitrogens is 3. The minimum absolute atomic E-state index is 0.129. The molecule has 11 nitrogen and oxygen atoms in total. The summed E-state index contributed by atoms with van der Waals surface area (Å²) < 4.78 is 49.1. The van der Waals surface area contributed by atoms with Gasteiger partial charge in [0, 0.05) is 42.3 Å². The highest BCUT2D eigenvalue weighted by Gasteiger charge is 2.24. The molecule has 1 atom stereocenters. The van der Waals surface area contributed by atoms with E-state index in [9.17, 15) is 22.7 Å². The fraction of sp³-hybridized carbons (Fsp3) is 0.333. The van der Waals surface area contributed by atoms with E-state index in [1.165, 1.54) is 11.0 Å². The SMILES string of the molecule is Cc1ccc2c(NS(=O)(=O)CC(C)C)c(F)ccc2c1Oc1ncccc1-c1ccnc(NC2CCCN(C(=O)O)C2)n1. The van der Waals surface area contributed by atoms with Crippen molar-refractivity contribution in [1.29, 1.82) is 0 Å². The highest BCUT2D eigenvalue weighted by molar-refractivity contribution is 7.92. The van der Waals surface area contributed by atoms with Crippen LogP contribution >= 0.6 is 0 Å². The number of fused-ring (bicyclic) bond motifs is 1. The van der Waals surface area contributed by atoms with Crippen LogP contribution in [-0.2, 0) is 10.0 Å². The first-order chi connectivity index (χ1) is 20.5. The van der Waals surface area contributed by atoms with Gasteiger partial charge in [0.1, 0.15) is 11.6 Å². The van der Waals surface area contributed by atoms with Gasteiger partial charge in [0.05, 0.1) is 22.7 Å². The first kappa shape index (κ1) is 30.0. The van der Waals surface area contributed by atoms with Gasteiger partial charge in [0.25, 0.3) is 0 Å². The van der Waals surface area contributed by atoms with Crippen LogP contribution in [0.1, 0.15) is 32.3 Å². The number of aryl methyl sites for hydroxylation is 1. The summed E-state index contributed by atoms with van der Waals surface area (Å²) in [6.45, 7) is 6.22. The van der Waals surface area contributed by atoms with Crippen molar-refractivity contribution in [3.8, 4) is 22.9 Å². The summed E-state index contributed by atoms with van der Waals surface area (Å²) in [4.78, 5) is 26.2. The second kappa shape index (κ2) is 12.4. The van der Waals surface area contributed by atoms with E-state index >= 15 is 0 Å². The molecule has 3 N–H and O–H groups in total. The van der Waals surface area contributed by atoms with E-state index in [1.54, 1.807) is 62.6 Å². The van der Waals surface area contributed by atoms with E-state index in [0.29, 0.717) is 46.8 Å². The Balaban J connectivity index is 1.47. The lowest BCUT2D eigenvalue weighted by Crippen LogP contribution is -2.44. The highest BCUT2D eigenvalue weighted by atomic mass is 32.2. The van der Waals surface area contributed by atoms with Crippen LogP contribution in [0.5, 0.6) is 11.6 Å². The number of pyridine rings is 1. The molecule has 1 aliphatic rings. The number of hydrogen-bond donors (Lipinski definition) is 3. The van der Waals surface area contributed by atoms with Gasteiger partial charge in [-0.2, -0.15) is 0 Å². The Morgan fingerprint density at radius 3 is 2.70 bits per heavy atom. The summed E-state index contributed by atoms with van der Waals surface area (Å²) >= 11 is 0. The second-order valence-electron chi connectivity index (χ2n) is 10.9. The number of piperidine rings is 1. The first-order valence-electron chi connectivity index (χ1n) is 13.9. The molecule has 1 unspecified atom stereocenters. The van der Waals surface area contributed by atoms with Gasteiger partial charge in [-0.05, 0) is 61.6 Å². The van der Waals surface area contributed by atoms with Crippen LogP contribution in [0.25, 0.3) is 22.0 Å². The molecule has 1 fully saturated rings. The van der Waals surface area contributed by atoms with Gasteiger partial charge in [0.15, 0.2) is 0 Å². The monoisotopic (exact) mass is 608 g/mol. The van der Waals surface area contributed by atoms with Crippen molar-refractivity contribution >= 4 is 38.5 Å². The molecular formula is C30H33FN6O5S. The summed E-state index contributed by atoms with van der Waals surface area (Å²) in [6, 6.07) is 11.3. The molecule has 0 saturated carbocycles. The van der Waals surface area contributed by atoms with Crippen molar-refractivity contribution in [3.05, 3.63) is 66.2 Å². The quantitative estimate of drug-likeness (QED) is 0.212. The predicted molar refractivity (Wildman–Crippen MR) is 162 cm³/mol. The van der Waals surface area contributed by atoms with E-state index < -0.39 is 21.9 Å². The van der Waals surface area contributed by atoms with Gasteiger partial charge >= 0.3 is 6.09 Å². The van der Waals surface area contributed by atoms with Crippen LogP contribution in [0.2, 0.25) is 0 Å². The number of hydrogen-bond acceptors (Lipinski definition) is 8. The van der Waals surface area contributed by atoms with Crippen LogP contribution in [0, 0.1) is 18.7 Å². The van der Waals surface area contributed by atoms with Gasteiger partial charge in [-0.15, -0.1) is 0 Å². The Morgan fingerprint density at radius 2 is 1.93 bits per heavy atom. The molecule has 13 heteroatoms. The van der Waals surface area contributed by atoms with E-state index in [-0.39, 0.29) is 29.3 Å². The zero-order chi connectivity index (χ0) is 30.7. The number of nitrogens with one attached hydrogen (secondary N) is 2. The molecule has 5 rings (SSSR count). The number of carboxylic acid groups (broad SMARTS) is 1. The average molecular weight is 609 g/mol. The van der Waals surface area contributed by atoms with Gasteiger partial charge < -0.3 is 20.1 Å². The zero-order valence-electron chi connectivity index (χ0n) is 24.0. The topological polar surface area (TPSA) is 147 Å². The van der Waals surface area contributed by atoms with Gasteiger partial charge in [-0.1, -0.05) is 26.0 Å². The van der Waals surface area contributed by atoms with Crippen molar-refractivity contribution in [1.82, 2.24) is 19.9 Å². The Morgan fingerprint density at radius 1 is 1.14 bits per heavy atom. The molecule has 2 aromatic heterocycles. The molecule has 0 spiro atoms. The number of anilines is 2. The van der Waals surface area contributed by atoms with E-state index in [4.69, 9.17) is 4.74 Å². The maximum atomic E-state index is 15.0. The van der Waals surface area contributed by atoms with Crippen LogP contribution in [-0.4, -0.2) is 64.4 Å². The number of benzene rings is 2. The lowest BCUT2D eigenvalue weighted by Gasteiger charge is -2.31. The van der Waals surface area contributed by atoms with Crippen molar-refractivity contribution in [2.45, 2.75) is 39.7 Å². The Hall–Kier alpha value is -4.52. The number of amides is 1. The van der Waals surface area contributed by atoms with Crippen LogP contribution in [0.15, 0.2) is 54.9 Å². The minimum Gasteiger partial charge on any atom is -0.465 e. The molecule has 0 aliphatic carbocycles. The number of sulfonamides is 1. The van der Waals surface area contributed by atoms with Crippen LogP contribution < -0.4 is 14.8 Å². The van der Waals surface area contributed by atoms with E-state index in [2.05, 4.69) is 25.0 Å². The third-order valence-electron chi connectivity index (χ3n) is 7.03. The minimum atomic E-state index is -3.79. The lowest BCUT2D eigenvalue weighted by molar-refractivity contribution is 0.132. The maximum absolute atomic E-state index is 15.0. The Bertz CT molecular complexity index is 1770. The molecule has 1 aliphatic heterocycles. The smallest absolute Gasteiger partial charge is 0.407 e. The number of nitrogens with zero attached hydrogens (tertiary/aromatic N) is 4. The fourth-order valence-corrected chi connectivity index (χ4v) is 6.61. The summed E-state index contributed by atoms with van der Waals surface area (Å²) in [5, 5.41) is 13.5. The number of rotatable bonds is 9.